The Morgan fingerprint density at radius 2 is 1.92 bits per heavy atom. The molecule has 6 nitrogen and oxygen atoms in total. The summed E-state index contributed by atoms with van der Waals surface area (Å²) in [5.74, 6) is 0.150. The van der Waals surface area contributed by atoms with Crippen LogP contribution in [0.3, 0.4) is 0 Å². The second-order valence-electron chi connectivity index (χ2n) is 6.24. The molecule has 1 aliphatic carbocycles. The van der Waals surface area contributed by atoms with E-state index in [-0.39, 0.29) is 17.4 Å². The van der Waals surface area contributed by atoms with Gasteiger partial charge in [-0.25, -0.2) is 4.79 Å². The molecule has 0 bridgehead atoms. The van der Waals surface area contributed by atoms with Crippen LogP contribution in [0.1, 0.15) is 57.2 Å². The molecule has 2 amide bonds. The van der Waals surface area contributed by atoms with E-state index in [4.69, 9.17) is 4.42 Å². The molecule has 1 aromatic carbocycles. The summed E-state index contributed by atoms with van der Waals surface area (Å²) in [7, 11) is 1.53. The smallest absolute Gasteiger partial charge is 0.349 e. The fourth-order valence-corrected chi connectivity index (χ4v) is 2.88. The van der Waals surface area contributed by atoms with Gasteiger partial charge in [0, 0.05) is 24.2 Å². The quantitative estimate of drug-likeness (QED) is 0.896. The summed E-state index contributed by atoms with van der Waals surface area (Å²) in [6.07, 6.45) is 3.16. The molecular formula is C19H20N2O4. The fraction of sp³-hybridized carbons (Fsp3) is 0.316. The normalized spacial score (nSPS) is 13.8. The fourth-order valence-electron chi connectivity index (χ4n) is 2.88. The molecule has 1 heterocycles. The first-order valence-electron chi connectivity index (χ1n) is 8.27. The van der Waals surface area contributed by atoms with Gasteiger partial charge in [-0.1, -0.05) is 12.5 Å². The Kier molecular flexibility index (Phi) is 4.70. The first-order chi connectivity index (χ1) is 12.0. The minimum absolute atomic E-state index is 0.00609. The Balaban J connectivity index is 1.84. The van der Waals surface area contributed by atoms with Crippen LogP contribution < -0.4 is 16.3 Å². The van der Waals surface area contributed by atoms with Crippen molar-refractivity contribution in [1.82, 2.24) is 5.32 Å². The van der Waals surface area contributed by atoms with E-state index in [9.17, 15) is 14.4 Å². The van der Waals surface area contributed by atoms with Crippen LogP contribution in [0.15, 0.2) is 39.5 Å². The molecule has 0 radical (unpaired) electrons. The van der Waals surface area contributed by atoms with Crippen LogP contribution in [-0.4, -0.2) is 18.9 Å². The molecule has 130 valence electrons. The van der Waals surface area contributed by atoms with E-state index in [1.165, 1.54) is 7.05 Å². The van der Waals surface area contributed by atoms with Crippen molar-refractivity contribution in [2.45, 2.75) is 32.1 Å². The minimum Gasteiger partial charge on any atom is -0.427 e. The van der Waals surface area contributed by atoms with E-state index in [0.717, 1.165) is 19.3 Å². The highest BCUT2D eigenvalue weighted by molar-refractivity contribution is 6.05. The molecule has 2 aromatic rings. The summed E-state index contributed by atoms with van der Waals surface area (Å²) in [6.45, 7) is 1.73. The monoisotopic (exact) mass is 340 g/mol. The third-order valence-electron chi connectivity index (χ3n) is 4.51. The van der Waals surface area contributed by atoms with E-state index in [1.807, 2.05) is 0 Å². The molecule has 0 saturated heterocycles. The maximum atomic E-state index is 12.5. The van der Waals surface area contributed by atoms with Gasteiger partial charge in [-0.3, -0.25) is 9.59 Å². The molecule has 1 fully saturated rings. The number of hydrogen-bond acceptors (Lipinski definition) is 4. The zero-order chi connectivity index (χ0) is 18.0. The number of aryl methyl sites for hydroxylation is 1. The van der Waals surface area contributed by atoms with Gasteiger partial charge in [0.1, 0.15) is 11.3 Å². The molecule has 0 unspecified atom stereocenters. The van der Waals surface area contributed by atoms with Gasteiger partial charge in [0.25, 0.3) is 11.8 Å². The summed E-state index contributed by atoms with van der Waals surface area (Å²) in [5, 5.41) is 5.18. The second kappa shape index (κ2) is 6.93. The highest BCUT2D eigenvalue weighted by Crippen LogP contribution is 2.36. The molecule has 0 aliphatic heterocycles. The van der Waals surface area contributed by atoms with Crippen molar-refractivity contribution >= 4 is 17.5 Å². The van der Waals surface area contributed by atoms with Crippen LogP contribution in [0.4, 0.5) is 5.69 Å². The van der Waals surface area contributed by atoms with E-state index in [1.54, 1.807) is 37.3 Å². The maximum Gasteiger partial charge on any atom is 0.349 e. The van der Waals surface area contributed by atoms with E-state index >= 15 is 0 Å². The lowest BCUT2D eigenvalue weighted by Crippen LogP contribution is -2.24. The van der Waals surface area contributed by atoms with Crippen molar-refractivity contribution in [2.75, 3.05) is 12.4 Å². The molecule has 0 spiro atoms. The predicted molar refractivity (Wildman–Crippen MR) is 94.1 cm³/mol. The Morgan fingerprint density at radius 3 is 2.52 bits per heavy atom. The summed E-state index contributed by atoms with van der Waals surface area (Å²) >= 11 is 0. The summed E-state index contributed by atoms with van der Waals surface area (Å²) in [5.41, 5.74) is 0.825. The van der Waals surface area contributed by atoms with E-state index in [2.05, 4.69) is 10.6 Å². The van der Waals surface area contributed by atoms with Crippen molar-refractivity contribution in [3.8, 4) is 0 Å². The highest BCUT2D eigenvalue weighted by Gasteiger charge is 2.25. The van der Waals surface area contributed by atoms with Gasteiger partial charge in [-0.15, -0.1) is 0 Å². The van der Waals surface area contributed by atoms with Crippen molar-refractivity contribution in [1.29, 1.82) is 0 Å². The largest absolute Gasteiger partial charge is 0.427 e. The molecule has 25 heavy (non-hydrogen) atoms. The maximum absolute atomic E-state index is 12.5. The van der Waals surface area contributed by atoms with Crippen molar-refractivity contribution in [3.05, 3.63) is 63.2 Å². The van der Waals surface area contributed by atoms with Gasteiger partial charge in [-0.05, 0) is 49.6 Å². The Bertz CT molecular complexity index is 881. The molecule has 1 aliphatic rings. The molecule has 1 aromatic heterocycles. The van der Waals surface area contributed by atoms with Crippen LogP contribution >= 0.6 is 0 Å². The first kappa shape index (κ1) is 17.0. The third kappa shape index (κ3) is 3.47. The summed E-state index contributed by atoms with van der Waals surface area (Å²) < 4.78 is 5.35. The third-order valence-corrected chi connectivity index (χ3v) is 4.51. The Hall–Kier alpha value is -2.89. The summed E-state index contributed by atoms with van der Waals surface area (Å²) in [4.78, 5) is 36.4. The zero-order valence-electron chi connectivity index (χ0n) is 14.2. The number of anilines is 1. The van der Waals surface area contributed by atoms with Gasteiger partial charge in [0.15, 0.2) is 0 Å². The molecule has 2 N–H and O–H groups in total. The zero-order valence-corrected chi connectivity index (χ0v) is 14.2. The average molecular weight is 340 g/mol. The average Bonchev–Trinajstić information content (AvgIpc) is 2.52. The van der Waals surface area contributed by atoms with E-state index < -0.39 is 11.5 Å². The van der Waals surface area contributed by atoms with Crippen LogP contribution in [0.25, 0.3) is 0 Å². The van der Waals surface area contributed by atoms with Crippen molar-refractivity contribution in [2.24, 2.45) is 0 Å². The van der Waals surface area contributed by atoms with Crippen LogP contribution in [0.5, 0.6) is 0 Å². The highest BCUT2D eigenvalue weighted by atomic mass is 16.4. The van der Waals surface area contributed by atoms with Gasteiger partial charge >= 0.3 is 5.63 Å². The first-order valence-corrected chi connectivity index (χ1v) is 8.27. The van der Waals surface area contributed by atoms with Crippen LogP contribution in [0, 0.1) is 6.92 Å². The topological polar surface area (TPSA) is 88.4 Å². The lowest BCUT2D eigenvalue weighted by atomic mass is 9.83. The number of carbonyl (C=O) groups excluding carboxylic acids is 2. The number of hydrogen-bond donors (Lipinski definition) is 2. The lowest BCUT2D eigenvalue weighted by molar-refractivity contribution is 0.0961. The number of benzene rings is 1. The summed E-state index contributed by atoms with van der Waals surface area (Å²) in [6, 6.07) is 8.29. The molecule has 0 atom stereocenters. The standard InChI is InChI=1S/C19H20N2O4/c1-11-9-15(12-5-3-6-12)25-19(24)16(11)18(23)21-14-8-4-7-13(10-14)17(22)20-2/h4,7-10,12H,3,5-6H2,1-2H3,(H,20,22)(H,21,23). The second-order valence-corrected chi connectivity index (χ2v) is 6.24. The molecule has 6 heteroatoms. The van der Waals surface area contributed by atoms with Gasteiger partial charge in [-0.2, -0.15) is 0 Å². The molecule has 3 rings (SSSR count). The predicted octanol–water partition coefficient (Wildman–Crippen LogP) is 2.83. The number of amides is 2. The number of carbonyl (C=O) groups is 2. The van der Waals surface area contributed by atoms with Gasteiger partial charge in [0.05, 0.1) is 0 Å². The SMILES string of the molecule is CNC(=O)c1cccc(NC(=O)c2c(C)cc(C3CCC3)oc2=O)c1. The number of rotatable bonds is 4. The lowest BCUT2D eigenvalue weighted by Gasteiger charge is -2.24. The minimum atomic E-state index is -0.623. The van der Waals surface area contributed by atoms with E-state index in [0.29, 0.717) is 22.6 Å². The molecular weight excluding hydrogens is 320 g/mol. The number of nitrogens with one attached hydrogen (secondary N) is 2. The Morgan fingerprint density at radius 1 is 1.16 bits per heavy atom. The van der Waals surface area contributed by atoms with Crippen LogP contribution in [-0.2, 0) is 0 Å². The van der Waals surface area contributed by atoms with Gasteiger partial charge < -0.3 is 15.1 Å². The van der Waals surface area contributed by atoms with Crippen LogP contribution in [0.2, 0.25) is 0 Å². The van der Waals surface area contributed by atoms with Gasteiger partial charge in [0.2, 0.25) is 0 Å². The molecule has 1 saturated carbocycles. The van der Waals surface area contributed by atoms with Crippen molar-refractivity contribution < 1.29 is 14.0 Å². The van der Waals surface area contributed by atoms with Crippen molar-refractivity contribution in [3.63, 3.8) is 0 Å². The Labute approximate surface area is 145 Å².